The molecule has 1 heterocycles. The fraction of sp³-hybridized carbons (Fsp3) is 0.571. The summed E-state index contributed by atoms with van der Waals surface area (Å²) in [6.45, 7) is 5.43. The molecular weight excluding hydrogens is 258 g/mol. The van der Waals surface area contributed by atoms with E-state index in [1.54, 1.807) is 11.3 Å². The third-order valence-corrected chi connectivity index (χ3v) is 4.63. The molecule has 102 valence electrons. The molecular formula is C14H19N3OS. The van der Waals surface area contributed by atoms with Crippen LogP contribution in [0.25, 0.3) is 0 Å². The highest BCUT2D eigenvalue weighted by atomic mass is 32.1. The molecule has 4 nitrogen and oxygen atoms in total. The van der Waals surface area contributed by atoms with Crippen molar-refractivity contribution in [1.29, 1.82) is 5.26 Å². The quantitative estimate of drug-likeness (QED) is 0.868. The maximum absolute atomic E-state index is 12.1. The van der Waals surface area contributed by atoms with Gasteiger partial charge in [0, 0.05) is 17.3 Å². The number of nitrogens with one attached hydrogen (secondary N) is 2. The van der Waals surface area contributed by atoms with Crippen molar-refractivity contribution in [2.75, 3.05) is 18.4 Å². The lowest BCUT2D eigenvalue weighted by Crippen LogP contribution is -2.30. The second kappa shape index (κ2) is 6.18. The third kappa shape index (κ3) is 2.96. The summed E-state index contributed by atoms with van der Waals surface area (Å²) < 4.78 is 0. The van der Waals surface area contributed by atoms with Crippen LogP contribution in [0.2, 0.25) is 0 Å². The Bertz CT molecular complexity index is 515. The molecule has 1 aromatic rings. The summed E-state index contributed by atoms with van der Waals surface area (Å²) in [5, 5.41) is 16.1. The van der Waals surface area contributed by atoms with Crippen LogP contribution in [0.1, 0.15) is 36.3 Å². The standard InChI is InChI=1S/C14H19N3OS/c1-3-16-8-9(2)13(18)17-14-11(7-15)10-5-4-6-12(10)19-14/h9,16H,3-6,8H2,1-2H3,(H,17,18). The topological polar surface area (TPSA) is 64.9 Å². The summed E-state index contributed by atoms with van der Waals surface area (Å²) >= 11 is 1.57. The molecule has 0 spiro atoms. The van der Waals surface area contributed by atoms with Gasteiger partial charge in [0.25, 0.3) is 0 Å². The second-order valence-corrected chi connectivity index (χ2v) is 5.98. The molecule has 19 heavy (non-hydrogen) atoms. The molecule has 0 aliphatic heterocycles. The number of carbonyl (C=O) groups is 1. The zero-order chi connectivity index (χ0) is 13.8. The van der Waals surface area contributed by atoms with E-state index < -0.39 is 0 Å². The number of hydrogen-bond donors (Lipinski definition) is 2. The lowest BCUT2D eigenvalue weighted by molar-refractivity contribution is -0.119. The molecule has 2 N–H and O–H groups in total. The lowest BCUT2D eigenvalue weighted by Gasteiger charge is -2.11. The van der Waals surface area contributed by atoms with Crippen molar-refractivity contribution >= 4 is 22.2 Å². The third-order valence-electron chi connectivity index (χ3n) is 3.42. The highest BCUT2D eigenvalue weighted by molar-refractivity contribution is 7.16. The molecule has 5 heteroatoms. The van der Waals surface area contributed by atoms with Crippen LogP contribution in [0.4, 0.5) is 5.00 Å². The van der Waals surface area contributed by atoms with E-state index in [2.05, 4.69) is 16.7 Å². The number of amides is 1. The van der Waals surface area contributed by atoms with Crippen molar-refractivity contribution in [3.05, 3.63) is 16.0 Å². The van der Waals surface area contributed by atoms with Gasteiger partial charge in [-0.1, -0.05) is 13.8 Å². The van der Waals surface area contributed by atoms with Gasteiger partial charge in [-0.2, -0.15) is 5.26 Å². The van der Waals surface area contributed by atoms with Crippen molar-refractivity contribution in [2.24, 2.45) is 5.92 Å². The zero-order valence-electron chi connectivity index (χ0n) is 11.4. The predicted molar refractivity (Wildman–Crippen MR) is 77.4 cm³/mol. The zero-order valence-corrected chi connectivity index (χ0v) is 12.2. The Balaban J connectivity index is 2.08. The number of fused-ring (bicyclic) bond motifs is 1. The van der Waals surface area contributed by atoms with Crippen molar-refractivity contribution in [3.8, 4) is 6.07 Å². The summed E-state index contributed by atoms with van der Waals surface area (Å²) in [6, 6.07) is 2.24. The number of thiophene rings is 1. The van der Waals surface area contributed by atoms with Crippen LogP contribution in [0.3, 0.4) is 0 Å². The van der Waals surface area contributed by atoms with E-state index in [1.165, 1.54) is 4.88 Å². The van der Waals surface area contributed by atoms with Crippen molar-refractivity contribution < 1.29 is 4.79 Å². The van der Waals surface area contributed by atoms with Gasteiger partial charge in [-0.05, 0) is 31.4 Å². The van der Waals surface area contributed by atoms with Crippen LogP contribution in [-0.2, 0) is 17.6 Å². The highest BCUT2D eigenvalue weighted by Crippen LogP contribution is 2.38. The SMILES string of the molecule is CCNCC(C)C(=O)Nc1sc2c(c1C#N)CCC2. The summed E-state index contributed by atoms with van der Waals surface area (Å²) in [5.41, 5.74) is 1.84. The maximum atomic E-state index is 12.1. The first-order valence-electron chi connectivity index (χ1n) is 6.73. The Hall–Kier alpha value is -1.38. The maximum Gasteiger partial charge on any atom is 0.229 e. The van der Waals surface area contributed by atoms with Crippen molar-refractivity contribution in [3.63, 3.8) is 0 Å². The normalized spacial score (nSPS) is 14.8. The van der Waals surface area contributed by atoms with Gasteiger partial charge in [-0.3, -0.25) is 4.79 Å². The molecule has 0 radical (unpaired) electrons. The van der Waals surface area contributed by atoms with Gasteiger partial charge in [0.2, 0.25) is 5.91 Å². The Morgan fingerprint density at radius 2 is 2.32 bits per heavy atom. The van der Waals surface area contributed by atoms with E-state index in [1.807, 2.05) is 13.8 Å². The number of carbonyl (C=O) groups excluding carboxylic acids is 1. The first-order chi connectivity index (χ1) is 9.17. The molecule has 0 bridgehead atoms. The molecule has 1 unspecified atom stereocenters. The van der Waals surface area contributed by atoms with Crippen LogP contribution >= 0.6 is 11.3 Å². The Kier molecular flexibility index (Phi) is 4.56. The molecule has 0 fully saturated rings. The van der Waals surface area contributed by atoms with Crippen molar-refractivity contribution in [2.45, 2.75) is 33.1 Å². The minimum absolute atomic E-state index is 0.0163. The fourth-order valence-electron chi connectivity index (χ4n) is 2.30. The largest absolute Gasteiger partial charge is 0.316 e. The molecule has 1 aliphatic rings. The number of aryl methyl sites for hydroxylation is 1. The van der Waals surface area contributed by atoms with E-state index in [9.17, 15) is 10.1 Å². The number of rotatable bonds is 5. The molecule has 2 rings (SSSR count). The molecule has 0 aromatic carbocycles. The number of nitriles is 1. The van der Waals surface area contributed by atoms with E-state index in [0.29, 0.717) is 12.1 Å². The Morgan fingerprint density at radius 1 is 1.53 bits per heavy atom. The smallest absolute Gasteiger partial charge is 0.229 e. The first-order valence-corrected chi connectivity index (χ1v) is 7.55. The van der Waals surface area contributed by atoms with Crippen LogP contribution in [0.15, 0.2) is 0 Å². The van der Waals surface area contributed by atoms with Gasteiger partial charge >= 0.3 is 0 Å². The average molecular weight is 277 g/mol. The summed E-state index contributed by atoms with van der Waals surface area (Å²) in [6.07, 6.45) is 3.13. The van der Waals surface area contributed by atoms with E-state index >= 15 is 0 Å². The van der Waals surface area contributed by atoms with E-state index in [0.717, 1.165) is 36.4 Å². The van der Waals surface area contributed by atoms with Crippen LogP contribution in [0, 0.1) is 17.2 Å². The van der Waals surface area contributed by atoms with E-state index in [4.69, 9.17) is 0 Å². The van der Waals surface area contributed by atoms with Crippen molar-refractivity contribution in [1.82, 2.24) is 5.32 Å². The van der Waals surface area contributed by atoms with Crippen LogP contribution in [-0.4, -0.2) is 19.0 Å². The number of nitrogens with zero attached hydrogens (tertiary/aromatic N) is 1. The average Bonchev–Trinajstić information content (AvgIpc) is 2.95. The molecule has 0 saturated carbocycles. The van der Waals surface area contributed by atoms with Gasteiger partial charge in [0.05, 0.1) is 5.56 Å². The Labute approximate surface area is 117 Å². The van der Waals surface area contributed by atoms with Gasteiger partial charge in [-0.15, -0.1) is 11.3 Å². The highest BCUT2D eigenvalue weighted by Gasteiger charge is 2.24. The van der Waals surface area contributed by atoms with E-state index in [-0.39, 0.29) is 11.8 Å². The number of hydrogen-bond acceptors (Lipinski definition) is 4. The fourth-order valence-corrected chi connectivity index (χ4v) is 3.54. The molecule has 0 saturated heterocycles. The predicted octanol–water partition coefficient (Wildman–Crippen LogP) is 2.29. The summed E-state index contributed by atoms with van der Waals surface area (Å²) in [4.78, 5) is 13.3. The minimum Gasteiger partial charge on any atom is -0.316 e. The first kappa shape index (κ1) is 14.0. The summed E-state index contributed by atoms with van der Waals surface area (Å²) in [5.74, 6) is -0.110. The minimum atomic E-state index is -0.0940. The van der Waals surface area contributed by atoms with Crippen LogP contribution in [0.5, 0.6) is 0 Å². The molecule has 1 atom stereocenters. The second-order valence-electron chi connectivity index (χ2n) is 4.87. The van der Waals surface area contributed by atoms with Gasteiger partial charge in [-0.25, -0.2) is 0 Å². The molecule has 1 aliphatic carbocycles. The lowest BCUT2D eigenvalue weighted by atomic mass is 10.1. The number of anilines is 1. The van der Waals surface area contributed by atoms with Gasteiger partial charge < -0.3 is 10.6 Å². The molecule has 1 aromatic heterocycles. The summed E-state index contributed by atoms with van der Waals surface area (Å²) in [7, 11) is 0. The van der Waals surface area contributed by atoms with Gasteiger partial charge in [0.1, 0.15) is 11.1 Å². The Morgan fingerprint density at radius 3 is 3.00 bits per heavy atom. The van der Waals surface area contributed by atoms with Gasteiger partial charge in [0.15, 0.2) is 0 Å². The molecule has 1 amide bonds. The van der Waals surface area contributed by atoms with Crippen LogP contribution < -0.4 is 10.6 Å². The monoisotopic (exact) mass is 277 g/mol.